The van der Waals surface area contributed by atoms with Gasteiger partial charge in [0.15, 0.2) is 0 Å². The number of carboxylic acid groups (broad SMARTS) is 1. The minimum atomic E-state index is -0.917. The molecule has 0 unspecified atom stereocenters. The highest BCUT2D eigenvalue weighted by Crippen LogP contribution is 2.06. The molecule has 0 fully saturated rings. The first-order valence-corrected chi connectivity index (χ1v) is 4.30. The van der Waals surface area contributed by atoms with Crippen LogP contribution in [0, 0.1) is 5.82 Å². The average Bonchev–Trinajstić information content (AvgIpc) is 2.07. The highest BCUT2D eigenvalue weighted by molar-refractivity contribution is 5.67. The lowest BCUT2D eigenvalue weighted by atomic mass is 10.0. The minimum absolute atomic E-state index is 0.0720. The summed E-state index contributed by atoms with van der Waals surface area (Å²) < 4.78 is 12.5. The van der Waals surface area contributed by atoms with Crippen molar-refractivity contribution in [1.29, 1.82) is 0 Å². The number of hydrogen-bond donors (Lipinski definition) is 2. The monoisotopic (exact) mass is 197 g/mol. The lowest BCUT2D eigenvalue weighted by Crippen LogP contribution is -2.26. The first-order chi connectivity index (χ1) is 6.58. The van der Waals surface area contributed by atoms with E-state index >= 15 is 0 Å². The van der Waals surface area contributed by atoms with Crippen LogP contribution in [0.2, 0.25) is 0 Å². The zero-order valence-corrected chi connectivity index (χ0v) is 7.61. The second kappa shape index (κ2) is 4.72. The van der Waals surface area contributed by atoms with Crippen LogP contribution in [0.15, 0.2) is 24.3 Å². The van der Waals surface area contributed by atoms with Gasteiger partial charge >= 0.3 is 5.97 Å². The fraction of sp³-hybridized carbons (Fsp3) is 0.300. The van der Waals surface area contributed by atoms with Crippen LogP contribution in [0.25, 0.3) is 0 Å². The summed E-state index contributed by atoms with van der Waals surface area (Å²) in [5.74, 6) is -1.22. The molecular weight excluding hydrogens is 185 g/mol. The van der Waals surface area contributed by atoms with Gasteiger partial charge in [0.25, 0.3) is 0 Å². The van der Waals surface area contributed by atoms with Gasteiger partial charge in [-0.3, -0.25) is 4.79 Å². The molecule has 0 heterocycles. The second-order valence-corrected chi connectivity index (χ2v) is 3.19. The maximum atomic E-state index is 12.5. The lowest BCUT2D eigenvalue weighted by Gasteiger charge is -2.08. The Hall–Kier alpha value is -1.42. The van der Waals surface area contributed by atoms with Gasteiger partial charge in [-0.25, -0.2) is 4.39 Å². The van der Waals surface area contributed by atoms with Gasteiger partial charge in [-0.2, -0.15) is 0 Å². The van der Waals surface area contributed by atoms with E-state index in [4.69, 9.17) is 10.8 Å². The van der Waals surface area contributed by atoms with Gasteiger partial charge in [-0.1, -0.05) is 12.1 Å². The normalized spacial score (nSPS) is 12.4. The van der Waals surface area contributed by atoms with Gasteiger partial charge in [0.2, 0.25) is 0 Å². The van der Waals surface area contributed by atoms with Crippen molar-refractivity contribution in [2.45, 2.75) is 18.9 Å². The van der Waals surface area contributed by atoms with Gasteiger partial charge in [-0.15, -0.1) is 0 Å². The van der Waals surface area contributed by atoms with Crippen LogP contribution in [0.3, 0.4) is 0 Å². The minimum Gasteiger partial charge on any atom is -0.481 e. The average molecular weight is 197 g/mol. The van der Waals surface area contributed by atoms with E-state index in [1.54, 1.807) is 12.1 Å². The quantitative estimate of drug-likeness (QED) is 0.761. The summed E-state index contributed by atoms with van der Waals surface area (Å²) in [6.07, 6.45) is 0.379. The van der Waals surface area contributed by atoms with E-state index in [2.05, 4.69) is 0 Å². The summed E-state index contributed by atoms with van der Waals surface area (Å²) in [6, 6.07) is 5.47. The molecule has 0 aromatic heterocycles. The number of carbonyl (C=O) groups is 1. The van der Waals surface area contributed by atoms with Crippen molar-refractivity contribution < 1.29 is 14.3 Å². The highest BCUT2D eigenvalue weighted by atomic mass is 19.1. The molecule has 0 spiro atoms. The zero-order chi connectivity index (χ0) is 10.6. The van der Waals surface area contributed by atoms with Crippen LogP contribution in [-0.2, 0) is 11.2 Å². The molecular formula is C10H12FNO2. The van der Waals surface area contributed by atoms with Crippen molar-refractivity contribution in [1.82, 2.24) is 0 Å². The highest BCUT2D eigenvalue weighted by Gasteiger charge is 2.08. The third kappa shape index (κ3) is 3.53. The van der Waals surface area contributed by atoms with Crippen LogP contribution >= 0.6 is 0 Å². The van der Waals surface area contributed by atoms with Crippen molar-refractivity contribution in [3.8, 4) is 0 Å². The molecule has 1 rings (SSSR count). The predicted octanol–water partition coefficient (Wildman–Crippen LogP) is 1.17. The third-order valence-corrected chi connectivity index (χ3v) is 1.85. The first kappa shape index (κ1) is 10.7. The Bertz CT molecular complexity index is 310. The standard InChI is InChI=1S/C10H12FNO2/c11-8-3-1-7(2-4-8)5-9(12)6-10(13)14/h1-4,9H,5-6,12H2,(H,13,14)/t9-/m1/s1. The topological polar surface area (TPSA) is 63.3 Å². The molecule has 0 saturated carbocycles. The molecule has 0 bridgehead atoms. The predicted molar refractivity (Wildman–Crippen MR) is 50.3 cm³/mol. The number of nitrogens with two attached hydrogens (primary N) is 1. The Kier molecular flexibility index (Phi) is 3.59. The first-order valence-electron chi connectivity index (χ1n) is 4.30. The number of benzene rings is 1. The summed E-state index contributed by atoms with van der Waals surface area (Å²) in [5.41, 5.74) is 6.42. The molecule has 0 radical (unpaired) electrons. The Morgan fingerprint density at radius 1 is 1.43 bits per heavy atom. The molecule has 3 N–H and O–H groups in total. The van der Waals surface area contributed by atoms with E-state index < -0.39 is 12.0 Å². The molecule has 0 amide bonds. The number of rotatable bonds is 4. The van der Waals surface area contributed by atoms with Gasteiger partial charge in [0, 0.05) is 6.04 Å². The molecule has 1 aromatic carbocycles. The van der Waals surface area contributed by atoms with Crippen LogP contribution in [-0.4, -0.2) is 17.1 Å². The van der Waals surface area contributed by atoms with Crippen molar-refractivity contribution >= 4 is 5.97 Å². The smallest absolute Gasteiger partial charge is 0.304 e. The fourth-order valence-electron chi connectivity index (χ4n) is 1.22. The van der Waals surface area contributed by atoms with E-state index in [0.29, 0.717) is 6.42 Å². The summed E-state index contributed by atoms with van der Waals surface area (Å²) in [5, 5.41) is 8.47. The zero-order valence-electron chi connectivity index (χ0n) is 7.61. The maximum absolute atomic E-state index is 12.5. The molecule has 0 aliphatic heterocycles. The summed E-state index contributed by atoms with van der Waals surface area (Å²) in [7, 11) is 0. The summed E-state index contributed by atoms with van der Waals surface area (Å²) in [6.45, 7) is 0. The van der Waals surface area contributed by atoms with Crippen LogP contribution in [0.5, 0.6) is 0 Å². The fourth-order valence-corrected chi connectivity index (χ4v) is 1.22. The van der Waals surface area contributed by atoms with Crippen LogP contribution in [0.1, 0.15) is 12.0 Å². The molecule has 1 aromatic rings. The van der Waals surface area contributed by atoms with E-state index in [9.17, 15) is 9.18 Å². The van der Waals surface area contributed by atoms with Crippen molar-refractivity contribution in [3.63, 3.8) is 0 Å². The Labute approximate surface area is 81.4 Å². The summed E-state index contributed by atoms with van der Waals surface area (Å²) >= 11 is 0. The second-order valence-electron chi connectivity index (χ2n) is 3.19. The summed E-state index contributed by atoms with van der Waals surface area (Å²) in [4.78, 5) is 10.3. The number of halogens is 1. The molecule has 1 atom stereocenters. The number of carboxylic acids is 1. The van der Waals surface area contributed by atoms with E-state index in [0.717, 1.165) is 5.56 Å². The molecule has 3 nitrogen and oxygen atoms in total. The molecule has 4 heteroatoms. The van der Waals surface area contributed by atoms with E-state index in [-0.39, 0.29) is 12.2 Å². The van der Waals surface area contributed by atoms with E-state index in [1.165, 1.54) is 12.1 Å². The SMILES string of the molecule is N[C@@H](CC(=O)O)Cc1ccc(F)cc1. The Morgan fingerprint density at radius 2 is 2.00 bits per heavy atom. The molecule has 0 saturated heterocycles. The van der Waals surface area contributed by atoms with Crippen molar-refractivity contribution in [3.05, 3.63) is 35.6 Å². The molecule has 0 aliphatic carbocycles. The Morgan fingerprint density at radius 3 is 2.50 bits per heavy atom. The van der Waals surface area contributed by atoms with Crippen LogP contribution in [0.4, 0.5) is 4.39 Å². The molecule has 14 heavy (non-hydrogen) atoms. The van der Waals surface area contributed by atoms with Gasteiger partial charge in [0.05, 0.1) is 6.42 Å². The largest absolute Gasteiger partial charge is 0.481 e. The lowest BCUT2D eigenvalue weighted by molar-refractivity contribution is -0.137. The van der Waals surface area contributed by atoms with E-state index in [1.807, 2.05) is 0 Å². The molecule has 0 aliphatic rings. The van der Waals surface area contributed by atoms with Crippen molar-refractivity contribution in [2.24, 2.45) is 5.73 Å². The number of hydrogen-bond acceptors (Lipinski definition) is 2. The third-order valence-electron chi connectivity index (χ3n) is 1.85. The van der Waals surface area contributed by atoms with Crippen LogP contribution < -0.4 is 5.73 Å². The van der Waals surface area contributed by atoms with Gasteiger partial charge in [0.1, 0.15) is 5.82 Å². The molecule has 76 valence electrons. The maximum Gasteiger partial charge on any atom is 0.304 e. The van der Waals surface area contributed by atoms with Gasteiger partial charge < -0.3 is 10.8 Å². The van der Waals surface area contributed by atoms with Gasteiger partial charge in [-0.05, 0) is 24.1 Å². The van der Waals surface area contributed by atoms with Crippen molar-refractivity contribution in [2.75, 3.05) is 0 Å². The Balaban J connectivity index is 2.51. The number of aliphatic carboxylic acids is 1.